The van der Waals surface area contributed by atoms with Crippen molar-refractivity contribution in [2.75, 3.05) is 0 Å². The van der Waals surface area contributed by atoms with E-state index in [0.717, 1.165) is 5.56 Å². The van der Waals surface area contributed by atoms with Crippen LogP contribution in [-0.2, 0) is 25.3 Å². The fourth-order valence-electron chi connectivity index (χ4n) is 2.44. The van der Waals surface area contributed by atoms with E-state index < -0.39 is 22.0 Å². The van der Waals surface area contributed by atoms with Crippen molar-refractivity contribution in [3.8, 4) is 0 Å². The summed E-state index contributed by atoms with van der Waals surface area (Å²) in [4.78, 5) is 12.0. The number of benzene rings is 2. The third kappa shape index (κ3) is 6.68. The van der Waals surface area contributed by atoms with Gasteiger partial charge in [-0.1, -0.05) is 60.7 Å². The Morgan fingerprint density at radius 2 is 1.56 bits per heavy atom. The molecule has 2 aromatic rings. The predicted molar refractivity (Wildman–Crippen MR) is 97.2 cm³/mol. The first-order valence-corrected chi connectivity index (χ1v) is 9.79. The second kappa shape index (κ2) is 8.78. The van der Waals surface area contributed by atoms with Gasteiger partial charge in [0.25, 0.3) is 0 Å². The molecule has 0 aliphatic carbocycles. The van der Waals surface area contributed by atoms with Crippen LogP contribution in [0, 0.1) is 0 Å². The molecule has 0 fully saturated rings. The van der Waals surface area contributed by atoms with Gasteiger partial charge in [-0.25, -0.2) is 13.1 Å². The summed E-state index contributed by atoms with van der Waals surface area (Å²) in [6, 6.07) is 17.3. The van der Waals surface area contributed by atoms with Crippen LogP contribution in [0.25, 0.3) is 0 Å². The molecule has 134 valence electrons. The monoisotopic (exact) mass is 361 g/mol. The zero-order valence-electron chi connectivity index (χ0n) is 14.4. The minimum atomic E-state index is -3.61. The maximum absolute atomic E-state index is 12.5. The largest absolute Gasteiger partial charge is 0.463 e. The highest BCUT2D eigenvalue weighted by Crippen LogP contribution is 2.20. The molecule has 1 atom stereocenters. The summed E-state index contributed by atoms with van der Waals surface area (Å²) >= 11 is 0. The average molecular weight is 361 g/mol. The molecule has 0 heterocycles. The van der Waals surface area contributed by atoms with Crippen LogP contribution in [-0.4, -0.2) is 20.5 Å². The van der Waals surface area contributed by atoms with E-state index in [0.29, 0.717) is 5.56 Å². The van der Waals surface area contributed by atoms with Crippen LogP contribution >= 0.6 is 0 Å². The number of carbonyl (C=O) groups is 1. The van der Waals surface area contributed by atoms with Crippen LogP contribution in [0.3, 0.4) is 0 Å². The van der Waals surface area contributed by atoms with Crippen molar-refractivity contribution < 1.29 is 17.9 Å². The van der Waals surface area contributed by atoms with Crippen LogP contribution in [0.2, 0.25) is 0 Å². The summed E-state index contributed by atoms with van der Waals surface area (Å²) in [6.45, 7) is 3.52. The van der Waals surface area contributed by atoms with Crippen LogP contribution < -0.4 is 4.72 Å². The number of hydrogen-bond acceptors (Lipinski definition) is 4. The van der Waals surface area contributed by atoms with Crippen molar-refractivity contribution in [3.05, 3.63) is 71.8 Å². The molecule has 0 saturated carbocycles. The van der Waals surface area contributed by atoms with Crippen molar-refractivity contribution in [1.29, 1.82) is 0 Å². The van der Waals surface area contributed by atoms with E-state index in [1.165, 1.54) is 0 Å². The van der Waals surface area contributed by atoms with Crippen molar-refractivity contribution in [2.24, 2.45) is 0 Å². The van der Waals surface area contributed by atoms with E-state index in [2.05, 4.69) is 4.72 Å². The van der Waals surface area contributed by atoms with E-state index in [-0.39, 0.29) is 18.3 Å². The normalized spacial score (nSPS) is 12.8. The molecule has 2 rings (SSSR count). The van der Waals surface area contributed by atoms with Gasteiger partial charge in [0.1, 0.15) is 0 Å². The van der Waals surface area contributed by atoms with Gasteiger partial charge < -0.3 is 4.74 Å². The van der Waals surface area contributed by atoms with E-state index in [1.54, 1.807) is 50.2 Å². The molecule has 25 heavy (non-hydrogen) atoms. The van der Waals surface area contributed by atoms with Crippen molar-refractivity contribution in [2.45, 2.75) is 38.2 Å². The summed E-state index contributed by atoms with van der Waals surface area (Å²) in [6.07, 6.45) is -0.305. The lowest BCUT2D eigenvalue weighted by Gasteiger charge is -2.19. The highest BCUT2D eigenvalue weighted by molar-refractivity contribution is 7.88. The number of esters is 1. The second-order valence-corrected chi connectivity index (χ2v) is 7.82. The summed E-state index contributed by atoms with van der Waals surface area (Å²) < 4.78 is 32.8. The van der Waals surface area contributed by atoms with Crippen LogP contribution in [0.4, 0.5) is 0 Å². The molecule has 0 aliphatic rings. The lowest BCUT2D eigenvalue weighted by Crippen LogP contribution is -2.32. The first-order chi connectivity index (χ1) is 11.9. The predicted octanol–water partition coefficient (Wildman–Crippen LogP) is 3.19. The van der Waals surface area contributed by atoms with Gasteiger partial charge >= 0.3 is 5.97 Å². The Hall–Kier alpha value is -2.18. The second-order valence-electron chi connectivity index (χ2n) is 6.07. The first kappa shape index (κ1) is 19.1. The smallest absolute Gasteiger partial charge is 0.308 e. The molecule has 0 saturated heterocycles. The molecule has 0 radical (unpaired) electrons. The van der Waals surface area contributed by atoms with Crippen LogP contribution in [0.5, 0.6) is 0 Å². The van der Waals surface area contributed by atoms with E-state index in [1.807, 2.05) is 24.3 Å². The molecule has 0 spiro atoms. The summed E-state index contributed by atoms with van der Waals surface area (Å²) in [5.41, 5.74) is 1.41. The molecule has 6 heteroatoms. The van der Waals surface area contributed by atoms with Gasteiger partial charge in [-0.15, -0.1) is 0 Å². The van der Waals surface area contributed by atoms with Gasteiger partial charge in [0.05, 0.1) is 24.3 Å². The average Bonchev–Trinajstić information content (AvgIpc) is 2.54. The maximum atomic E-state index is 12.5. The molecule has 5 nitrogen and oxygen atoms in total. The van der Waals surface area contributed by atoms with Gasteiger partial charge in [0.2, 0.25) is 10.0 Å². The Morgan fingerprint density at radius 1 is 1.00 bits per heavy atom. The number of carbonyl (C=O) groups excluding carboxylic acids is 1. The Kier molecular flexibility index (Phi) is 6.73. The van der Waals surface area contributed by atoms with E-state index in [9.17, 15) is 13.2 Å². The Labute approximate surface area is 149 Å². The van der Waals surface area contributed by atoms with Crippen molar-refractivity contribution >= 4 is 16.0 Å². The van der Waals surface area contributed by atoms with Gasteiger partial charge in [0, 0.05) is 0 Å². The Morgan fingerprint density at radius 3 is 2.12 bits per heavy atom. The molecule has 1 unspecified atom stereocenters. The topological polar surface area (TPSA) is 72.5 Å². The first-order valence-electron chi connectivity index (χ1n) is 8.14. The van der Waals surface area contributed by atoms with Gasteiger partial charge in [0.15, 0.2) is 0 Å². The molecule has 0 amide bonds. The van der Waals surface area contributed by atoms with Crippen LogP contribution in [0.1, 0.15) is 37.4 Å². The number of sulfonamides is 1. The lowest BCUT2D eigenvalue weighted by atomic mass is 10.1. The molecule has 1 N–H and O–H groups in total. The standard InChI is InChI=1S/C19H23NO4S/c1-15(2)24-19(21)13-18(17-11-7-4-8-12-17)20-25(22,23)14-16-9-5-3-6-10-16/h3-12,15,18,20H,13-14H2,1-2H3. The number of nitrogens with one attached hydrogen (secondary N) is 1. The minimum Gasteiger partial charge on any atom is -0.463 e. The maximum Gasteiger partial charge on any atom is 0.308 e. The minimum absolute atomic E-state index is 0.0593. The molecular formula is C19H23NO4S. The highest BCUT2D eigenvalue weighted by atomic mass is 32.2. The molecule has 0 aliphatic heterocycles. The molecule has 2 aromatic carbocycles. The highest BCUT2D eigenvalue weighted by Gasteiger charge is 2.23. The SMILES string of the molecule is CC(C)OC(=O)CC(NS(=O)(=O)Cc1ccccc1)c1ccccc1. The van der Waals surface area contributed by atoms with E-state index in [4.69, 9.17) is 4.74 Å². The third-order valence-corrected chi connectivity index (χ3v) is 4.82. The zero-order valence-corrected chi connectivity index (χ0v) is 15.2. The number of rotatable bonds is 8. The number of ether oxygens (including phenoxy) is 1. The summed E-state index contributed by atoms with van der Waals surface area (Å²) in [5, 5.41) is 0. The zero-order chi connectivity index (χ0) is 18.3. The lowest BCUT2D eigenvalue weighted by molar-refractivity contribution is -0.147. The quantitative estimate of drug-likeness (QED) is 0.733. The van der Waals surface area contributed by atoms with Crippen LogP contribution in [0.15, 0.2) is 60.7 Å². The molecule has 0 bridgehead atoms. The summed E-state index contributed by atoms with van der Waals surface area (Å²) in [5.74, 6) is -0.581. The fourth-order valence-corrected chi connectivity index (χ4v) is 3.81. The third-order valence-electron chi connectivity index (χ3n) is 3.46. The Bertz CT molecular complexity index is 774. The number of hydrogen-bond donors (Lipinski definition) is 1. The van der Waals surface area contributed by atoms with Gasteiger partial charge in [-0.2, -0.15) is 0 Å². The van der Waals surface area contributed by atoms with Gasteiger partial charge in [-0.05, 0) is 25.0 Å². The van der Waals surface area contributed by atoms with Crippen molar-refractivity contribution in [1.82, 2.24) is 4.72 Å². The van der Waals surface area contributed by atoms with Gasteiger partial charge in [-0.3, -0.25) is 4.79 Å². The molecular weight excluding hydrogens is 338 g/mol. The fraction of sp³-hybridized carbons (Fsp3) is 0.316. The molecule has 0 aromatic heterocycles. The van der Waals surface area contributed by atoms with E-state index >= 15 is 0 Å². The Balaban J connectivity index is 2.16. The van der Waals surface area contributed by atoms with Crippen molar-refractivity contribution in [3.63, 3.8) is 0 Å². The summed E-state index contributed by atoms with van der Waals surface area (Å²) in [7, 11) is -3.61.